The molecule has 0 amide bonds. The van der Waals surface area contributed by atoms with E-state index >= 15 is 0 Å². The largest absolute Gasteiger partial charge is 0.491 e. The second-order valence-corrected chi connectivity index (χ2v) is 5.30. The highest BCUT2D eigenvalue weighted by Gasteiger charge is 2.07. The van der Waals surface area contributed by atoms with Gasteiger partial charge >= 0.3 is 0 Å². The lowest BCUT2D eigenvalue weighted by molar-refractivity contribution is 0.106. The van der Waals surface area contributed by atoms with Crippen LogP contribution in [0.1, 0.15) is 5.76 Å². The van der Waals surface area contributed by atoms with Crippen LogP contribution in [0.15, 0.2) is 59.0 Å². The van der Waals surface area contributed by atoms with Gasteiger partial charge in [0.05, 0.1) is 6.54 Å². The van der Waals surface area contributed by atoms with Crippen molar-refractivity contribution >= 4 is 11.0 Å². The van der Waals surface area contributed by atoms with Crippen LogP contribution in [0.4, 0.5) is 4.39 Å². The van der Waals surface area contributed by atoms with Crippen molar-refractivity contribution in [3.8, 4) is 5.75 Å². The monoisotopic (exact) mass is 315 g/mol. The number of hydrogen-bond donors (Lipinski definition) is 2. The Kier molecular flexibility index (Phi) is 4.90. The van der Waals surface area contributed by atoms with Crippen molar-refractivity contribution < 1.29 is 18.7 Å². The molecular formula is C18H18FNO3. The number of nitrogens with one attached hydrogen (secondary N) is 1. The summed E-state index contributed by atoms with van der Waals surface area (Å²) in [7, 11) is 0. The summed E-state index contributed by atoms with van der Waals surface area (Å²) in [5.74, 6) is 1.03. The SMILES string of the molecule is OC(CNCc1cc2ccccc2o1)COc1ccc(F)cc1. The number of ether oxygens (including phenoxy) is 1. The Morgan fingerprint density at radius 1 is 1.13 bits per heavy atom. The molecule has 0 saturated heterocycles. The van der Waals surface area contributed by atoms with Gasteiger partial charge < -0.3 is 19.6 Å². The van der Waals surface area contributed by atoms with E-state index in [0.29, 0.717) is 18.8 Å². The summed E-state index contributed by atoms with van der Waals surface area (Å²) >= 11 is 0. The van der Waals surface area contributed by atoms with Gasteiger partial charge in [-0.25, -0.2) is 4.39 Å². The Morgan fingerprint density at radius 2 is 1.91 bits per heavy atom. The van der Waals surface area contributed by atoms with Gasteiger partial charge in [0.1, 0.15) is 35.6 Å². The number of para-hydroxylation sites is 1. The van der Waals surface area contributed by atoms with Crippen LogP contribution in [-0.2, 0) is 6.54 Å². The number of rotatable bonds is 7. The Morgan fingerprint density at radius 3 is 2.70 bits per heavy atom. The van der Waals surface area contributed by atoms with Crippen molar-refractivity contribution in [2.75, 3.05) is 13.2 Å². The second kappa shape index (κ2) is 7.26. The third-order valence-corrected chi connectivity index (χ3v) is 3.41. The van der Waals surface area contributed by atoms with Gasteiger partial charge in [-0.3, -0.25) is 0 Å². The van der Waals surface area contributed by atoms with E-state index in [1.165, 1.54) is 24.3 Å². The maximum Gasteiger partial charge on any atom is 0.134 e. The van der Waals surface area contributed by atoms with Crippen LogP contribution in [0.25, 0.3) is 11.0 Å². The molecule has 0 aliphatic carbocycles. The zero-order valence-corrected chi connectivity index (χ0v) is 12.5. The zero-order chi connectivity index (χ0) is 16.1. The van der Waals surface area contributed by atoms with E-state index in [1.807, 2.05) is 30.3 Å². The van der Waals surface area contributed by atoms with Gasteiger partial charge in [-0.1, -0.05) is 18.2 Å². The smallest absolute Gasteiger partial charge is 0.134 e. The number of hydrogen-bond acceptors (Lipinski definition) is 4. The van der Waals surface area contributed by atoms with Gasteiger partial charge in [0.25, 0.3) is 0 Å². The van der Waals surface area contributed by atoms with Crippen LogP contribution in [-0.4, -0.2) is 24.4 Å². The van der Waals surface area contributed by atoms with E-state index < -0.39 is 6.10 Å². The van der Waals surface area contributed by atoms with E-state index in [0.717, 1.165) is 16.7 Å². The summed E-state index contributed by atoms with van der Waals surface area (Å²) in [5, 5.41) is 14.1. The quantitative estimate of drug-likeness (QED) is 0.703. The third-order valence-electron chi connectivity index (χ3n) is 3.41. The fourth-order valence-electron chi connectivity index (χ4n) is 2.27. The van der Waals surface area contributed by atoms with Crippen LogP contribution in [0.5, 0.6) is 5.75 Å². The molecule has 3 rings (SSSR count). The van der Waals surface area contributed by atoms with Crippen LogP contribution in [0, 0.1) is 5.82 Å². The van der Waals surface area contributed by atoms with Gasteiger partial charge in [-0.15, -0.1) is 0 Å². The van der Waals surface area contributed by atoms with Gasteiger partial charge in [-0.05, 0) is 36.4 Å². The summed E-state index contributed by atoms with van der Waals surface area (Å²) in [4.78, 5) is 0. The summed E-state index contributed by atoms with van der Waals surface area (Å²) in [6, 6.07) is 15.5. The highest BCUT2D eigenvalue weighted by atomic mass is 19.1. The Hall–Kier alpha value is -2.37. The fraction of sp³-hybridized carbons (Fsp3) is 0.222. The van der Waals surface area contributed by atoms with E-state index in [4.69, 9.17) is 9.15 Å². The average Bonchev–Trinajstić information content (AvgIpc) is 2.97. The van der Waals surface area contributed by atoms with Crippen molar-refractivity contribution in [3.05, 3.63) is 66.2 Å². The van der Waals surface area contributed by atoms with Crippen molar-refractivity contribution in [1.29, 1.82) is 0 Å². The number of aliphatic hydroxyl groups is 1. The van der Waals surface area contributed by atoms with E-state index in [1.54, 1.807) is 0 Å². The molecule has 5 heteroatoms. The number of fused-ring (bicyclic) bond motifs is 1. The van der Waals surface area contributed by atoms with E-state index in [2.05, 4.69) is 5.32 Å². The van der Waals surface area contributed by atoms with Gasteiger partial charge in [0.15, 0.2) is 0 Å². The summed E-state index contributed by atoms with van der Waals surface area (Å²) in [6.07, 6.45) is -0.663. The minimum absolute atomic E-state index is 0.138. The molecular weight excluding hydrogens is 297 g/mol. The Balaban J connectivity index is 1.42. The summed E-state index contributed by atoms with van der Waals surface area (Å²) in [5.41, 5.74) is 0.851. The summed E-state index contributed by atoms with van der Waals surface area (Å²) < 4.78 is 23.8. The molecule has 0 aliphatic heterocycles. The second-order valence-electron chi connectivity index (χ2n) is 5.30. The number of furan rings is 1. The average molecular weight is 315 g/mol. The molecule has 4 nitrogen and oxygen atoms in total. The van der Waals surface area contributed by atoms with Crippen LogP contribution < -0.4 is 10.1 Å². The van der Waals surface area contributed by atoms with Crippen molar-refractivity contribution in [3.63, 3.8) is 0 Å². The third kappa shape index (κ3) is 4.31. The van der Waals surface area contributed by atoms with Crippen molar-refractivity contribution in [1.82, 2.24) is 5.32 Å². The van der Waals surface area contributed by atoms with E-state index in [-0.39, 0.29) is 12.4 Å². The molecule has 1 atom stereocenters. The van der Waals surface area contributed by atoms with Crippen LogP contribution in [0.3, 0.4) is 0 Å². The van der Waals surface area contributed by atoms with Crippen molar-refractivity contribution in [2.24, 2.45) is 0 Å². The standard InChI is InChI=1S/C18H18FNO3/c19-14-5-7-16(8-6-14)22-12-15(21)10-20-11-17-9-13-3-1-2-4-18(13)23-17/h1-9,15,20-21H,10-12H2. The molecule has 23 heavy (non-hydrogen) atoms. The first-order valence-electron chi connectivity index (χ1n) is 7.45. The molecule has 0 aliphatic rings. The first-order valence-corrected chi connectivity index (χ1v) is 7.45. The first kappa shape index (κ1) is 15.5. The van der Waals surface area contributed by atoms with Gasteiger partial charge in [0.2, 0.25) is 0 Å². The van der Waals surface area contributed by atoms with Gasteiger partial charge in [-0.2, -0.15) is 0 Å². The van der Waals surface area contributed by atoms with Crippen molar-refractivity contribution in [2.45, 2.75) is 12.6 Å². The molecule has 2 N–H and O–H groups in total. The Labute approximate surface area is 133 Å². The van der Waals surface area contributed by atoms with Crippen LogP contribution >= 0.6 is 0 Å². The van der Waals surface area contributed by atoms with Crippen LogP contribution in [0.2, 0.25) is 0 Å². The minimum atomic E-state index is -0.663. The van der Waals surface area contributed by atoms with Gasteiger partial charge in [0, 0.05) is 11.9 Å². The predicted molar refractivity (Wildman–Crippen MR) is 85.8 cm³/mol. The minimum Gasteiger partial charge on any atom is -0.491 e. The lowest BCUT2D eigenvalue weighted by Crippen LogP contribution is -2.31. The molecule has 120 valence electrons. The lowest BCUT2D eigenvalue weighted by Gasteiger charge is -2.12. The van der Waals surface area contributed by atoms with E-state index in [9.17, 15) is 9.50 Å². The molecule has 0 bridgehead atoms. The first-order chi connectivity index (χ1) is 11.2. The Bertz CT molecular complexity index is 721. The topological polar surface area (TPSA) is 54.6 Å². The highest BCUT2D eigenvalue weighted by molar-refractivity contribution is 5.77. The number of benzene rings is 2. The maximum absolute atomic E-state index is 12.8. The molecule has 1 heterocycles. The maximum atomic E-state index is 12.8. The highest BCUT2D eigenvalue weighted by Crippen LogP contribution is 2.18. The molecule has 1 unspecified atom stereocenters. The molecule has 0 spiro atoms. The lowest BCUT2D eigenvalue weighted by atomic mass is 10.2. The fourth-order valence-corrected chi connectivity index (χ4v) is 2.27. The normalized spacial score (nSPS) is 12.4. The molecule has 0 saturated carbocycles. The summed E-state index contributed by atoms with van der Waals surface area (Å²) in [6.45, 7) is 1.04. The predicted octanol–water partition coefficient (Wildman–Crippen LogP) is 3.10. The zero-order valence-electron chi connectivity index (χ0n) is 12.5. The molecule has 3 aromatic rings. The number of aliphatic hydroxyl groups excluding tert-OH is 1. The molecule has 0 fully saturated rings. The molecule has 0 radical (unpaired) electrons. The number of halogens is 1. The molecule has 2 aromatic carbocycles. The molecule has 1 aromatic heterocycles.